The van der Waals surface area contributed by atoms with Gasteiger partial charge in [0.1, 0.15) is 5.75 Å². The number of fused-ring (bicyclic) bond motifs is 1. The summed E-state index contributed by atoms with van der Waals surface area (Å²) in [7, 11) is -4.12. The van der Waals surface area contributed by atoms with Crippen LogP contribution in [0.3, 0.4) is 0 Å². The van der Waals surface area contributed by atoms with E-state index in [9.17, 15) is 22.7 Å². The van der Waals surface area contributed by atoms with Crippen LogP contribution >= 0.6 is 11.3 Å². The summed E-state index contributed by atoms with van der Waals surface area (Å²) in [6.45, 7) is 5.13. The van der Waals surface area contributed by atoms with Crippen molar-refractivity contribution >= 4 is 27.0 Å². The van der Waals surface area contributed by atoms with Crippen LogP contribution in [-0.4, -0.2) is 25.1 Å². The van der Waals surface area contributed by atoms with E-state index in [2.05, 4.69) is 19.1 Å². The average Bonchev–Trinajstić information content (AvgIpc) is 3.24. The highest BCUT2D eigenvalue weighted by Gasteiger charge is 2.33. The second kappa shape index (κ2) is 8.09. The van der Waals surface area contributed by atoms with Crippen molar-refractivity contribution in [2.75, 3.05) is 5.75 Å². The molecule has 0 amide bonds. The molecule has 2 aromatic rings. The number of halogens is 1. The summed E-state index contributed by atoms with van der Waals surface area (Å²) in [5.41, 5.74) is 3.29. The number of aryl methyl sites for hydroxylation is 1. The van der Waals surface area contributed by atoms with Gasteiger partial charge in [-0.2, -0.15) is 0 Å². The van der Waals surface area contributed by atoms with Crippen molar-refractivity contribution in [1.29, 1.82) is 0 Å². The van der Waals surface area contributed by atoms with E-state index in [0.717, 1.165) is 30.9 Å². The number of aliphatic hydroxyl groups is 1. The zero-order valence-corrected chi connectivity index (χ0v) is 19.8. The van der Waals surface area contributed by atoms with E-state index in [1.807, 2.05) is 0 Å². The molecular weight excluding hydrogens is 435 g/mol. The first-order valence-electron chi connectivity index (χ1n) is 10.9. The molecule has 1 N–H and O–H groups in total. The molecule has 1 fully saturated rings. The third-order valence-corrected chi connectivity index (χ3v) is 10.2. The van der Waals surface area contributed by atoms with Gasteiger partial charge in [0.15, 0.2) is 25.6 Å². The topological polar surface area (TPSA) is 71.4 Å². The molecule has 4 rings (SSSR count). The quantitative estimate of drug-likeness (QED) is 0.615. The Morgan fingerprint density at radius 3 is 2.61 bits per heavy atom. The second-order valence-electron chi connectivity index (χ2n) is 9.53. The minimum atomic E-state index is -4.12. The Labute approximate surface area is 187 Å². The highest BCUT2D eigenvalue weighted by atomic mass is 32.2. The molecule has 2 aliphatic rings. The van der Waals surface area contributed by atoms with Crippen molar-refractivity contribution in [1.82, 2.24) is 0 Å². The predicted molar refractivity (Wildman–Crippen MR) is 120 cm³/mol. The Balaban J connectivity index is 1.59. The fourth-order valence-electron chi connectivity index (χ4n) is 4.64. The monoisotopic (exact) mass is 464 g/mol. The molecule has 0 saturated heterocycles. The molecule has 168 valence electrons. The summed E-state index contributed by atoms with van der Waals surface area (Å²) >= 11 is 0.697. The maximum Gasteiger partial charge on any atom is 0.197 e. The Kier molecular flexibility index (Phi) is 5.90. The maximum absolute atomic E-state index is 14.4. The number of sulfone groups is 1. The fourth-order valence-corrected chi connectivity index (χ4v) is 7.37. The lowest BCUT2D eigenvalue weighted by molar-refractivity contribution is -0.116. The van der Waals surface area contributed by atoms with E-state index in [1.165, 1.54) is 43.4 Å². The number of thiophene rings is 1. The Bertz CT molecular complexity index is 1120. The number of carbonyl (C=O) groups is 1. The Morgan fingerprint density at radius 1 is 1.29 bits per heavy atom. The molecular formula is C24H29FO4S2. The van der Waals surface area contributed by atoms with E-state index >= 15 is 0 Å². The standard InChI is InChI=1S/C24H29FO4S2/c1-14(15-7-8-15)18-10-9-16-5-4-6-19(16)20(18)11-17(26)13-31(28,29)23-21(25)12-22(30-23)24(2,3)27/h9-10,12,14-15,27H,4-8,11,13H2,1-3H3/t14-/m0/s1. The summed E-state index contributed by atoms with van der Waals surface area (Å²) in [5, 5.41) is 10.1. The number of benzene rings is 1. The third-order valence-electron chi connectivity index (χ3n) is 6.52. The van der Waals surface area contributed by atoms with E-state index in [-0.39, 0.29) is 11.3 Å². The zero-order chi connectivity index (χ0) is 22.6. The first-order valence-corrected chi connectivity index (χ1v) is 13.3. The van der Waals surface area contributed by atoms with Crippen molar-refractivity contribution in [3.8, 4) is 0 Å². The van der Waals surface area contributed by atoms with Crippen LogP contribution in [0.1, 0.15) is 73.1 Å². The van der Waals surface area contributed by atoms with Gasteiger partial charge in [-0.1, -0.05) is 19.1 Å². The van der Waals surface area contributed by atoms with Crippen molar-refractivity contribution in [3.05, 3.63) is 51.1 Å². The molecule has 1 atom stereocenters. The minimum absolute atomic E-state index is 0.0696. The molecule has 7 heteroatoms. The Hall–Kier alpha value is -1.57. The lowest BCUT2D eigenvalue weighted by Gasteiger charge is -2.19. The maximum atomic E-state index is 14.4. The van der Waals surface area contributed by atoms with E-state index < -0.39 is 37.0 Å². The number of hydrogen-bond acceptors (Lipinski definition) is 5. The van der Waals surface area contributed by atoms with Crippen LogP contribution < -0.4 is 0 Å². The van der Waals surface area contributed by atoms with Gasteiger partial charge in [0.25, 0.3) is 0 Å². The van der Waals surface area contributed by atoms with Gasteiger partial charge in [0.05, 0.1) is 5.60 Å². The number of carbonyl (C=O) groups excluding carboxylic acids is 1. The summed E-state index contributed by atoms with van der Waals surface area (Å²) in [6, 6.07) is 5.33. The molecule has 0 spiro atoms. The van der Waals surface area contributed by atoms with Crippen LogP contribution in [0.4, 0.5) is 4.39 Å². The average molecular weight is 465 g/mol. The number of rotatable bonds is 8. The lowest BCUT2D eigenvalue weighted by atomic mass is 9.86. The largest absolute Gasteiger partial charge is 0.385 e. The van der Waals surface area contributed by atoms with Crippen LogP contribution in [0.5, 0.6) is 0 Å². The van der Waals surface area contributed by atoms with Crippen LogP contribution in [0.15, 0.2) is 22.4 Å². The van der Waals surface area contributed by atoms with E-state index in [1.54, 1.807) is 0 Å². The van der Waals surface area contributed by atoms with Gasteiger partial charge in [-0.3, -0.25) is 4.79 Å². The Morgan fingerprint density at radius 2 is 2.00 bits per heavy atom. The summed E-state index contributed by atoms with van der Waals surface area (Å²) in [4.78, 5) is 13.2. The summed E-state index contributed by atoms with van der Waals surface area (Å²) in [5.74, 6) is -1.05. The second-order valence-corrected chi connectivity index (χ2v) is 12.8. The lowest BCUT2D eigenvalue weighted by Crippen LogP contribution is -2.20. The highest BCUT2D eigenvalue weighted by Crippen LogP contribution is 2.45. The molecule has 0 aliphatic heterocycles. The SMILES string of the molecule is C[C@H](c1ccc2c(c1CC(=O)CS(=O)(=O)c1sc(C(C)(C)O)cc1F)CCC2)C1CC1. The van der Waals surface area contributed by atoms with Gasteiger partial charge >= 0.3 is 0 Å². The molecule has 1 saturated carbocycles. The number of Topliss-reactive ketones (excluding diaryl/α,β-unsaturated/α-hetero) is 1. The van der Waals surface area contributed by atoms with E-state index in [0.29, 0.717) is 23.2 Å². The van der Waals surface area contributed by atoms with Gasteiger partial charge in [-0.25, -0.2) is 12.8 Å². The van der Waals surface area contributed by atoms with Crippen LogP contribution in [0.25, 0.3) is 0 Å². The van der Waals surface area contributed by atoms with Gasteiger partial charge in [-0.15, -0.1) is 11.3 Å². The smallest absolute Gasteiger partial charge is 0.197 e. The summed E-state index contributed by atoms with van der Waals surface area (Å²) in [6.07, 6.45) is 5.43. The van der Waals surface area contributed by atoms with Crippen molar-refractivity contribution in [2.24, 2.45) is 5.92 Å². The molecule has 0 radical (unpaired) electrons. The first-order chi connectivity index (χ1) is 14.5. The van der Waals surface area contributed by atoms with E-state index in [4.69, 9.17) is 0 Å². The fraction of sp³-hybridized carbons (Fsp3) is 0.542. The molecule has 2 aliphatic carbocycles. The van der Waals surface area contributed by atoms with Crippen LogP contribution in [0.2, 0.25) is 0 Å². The van der Waals surface area contributed by atoms with Crippen molar-refractivity contribution in [3.63, 3.8) is 0 Å². The molecule has 0 unspecified atom stereocenters. The highest BCUT2D eigenvalue weighted by molar-refractivity contribution is 7.94. The van der Waals surface area contributed by atoms with Gasteiger partial charge in [0.2, 0.25) is 0 Å². The molecule has 4 nitrogen and oxygen atoms in total. The molecule has 1 aromatic heterocycles. The van der Waals surface area contributed by atoms with Crippen LogP contribution in [-0.2, 0) is 39.5 Å². The molecule has 0 bridgehead atoms. The number of ketones is 1. The molecule has 31 heavy (non-hydrogen) atoms. The van der Waals surface area contributed by atoms with Gasteiger partial charge in [-0.05, 0) is 86.1 Å². The van der Waals surface area contributed by atoms with Crippen molar-refractivity contribution < 1.29 is 22.7 Å². The van der Waals surface area contributed by atoms with Crippen LogP contribution in [0, 0.1) is 11.7 Å². The first kappa shape index (κ1) is 22.6. The zero-order valence-electron chi connectivity index (χ0n) is 18.2. The molecule has 1 aromatic carbocycles. The third kappa shape index (κ3) is 4.64. The van der Waals surface area contributed by atoms with Crippen molar-refractivity contribution in [2.45, 2.75) is 75.0 Å². The summed E-state index contributed by atoms with van der Waals surface area (Å²) < 4.78 is 39.6. The normalized spacial score (nSPS) is 17.6. The number of hydrogen-bond donors (Lipinski definition) is 1. The minimum Gasteiger partial charge on any atom is -0.385 e. The molecule has 1 heterocycles. The van der Waals surface area contributed by atoms with Gasteiger partial charge < -0.3 is 5.11 Å². The predicted octanol–water partition coefficient (Wildman–Crippen LogP) is 4.70. The van der Waals surface area contributed by atoms with Gasteiger partial charge in [0, 0.05) is 11.3 Å².